The summed E-state index contributed by atoms with van der Waals surface area (Å²) < 4.78 is 13.2. The van der Waals surface area contributed by atoms with Gasteiger partial charge in [0.1, 0.15) is 17.1 Å². The van der Waals surface area contributed by atoms with Crippen LogP contribution in [-0.2, 0) is 21.3 Å². The van der Waals surface area contributed by atoms with Crippen LogP contribution in [0.25, 0.3) is 22.3 Å². The van der Waals surface area contributed by atoms with Crippen molar-refractivity contribution >= 4 is 11.0 Å². The SMILES string of the molecule is [O]O[C@]12c3ccccc3O[C@@]1(c1ccccc1)c1ccccc1-c1oc3ccccc3c12. The van der Waals surface area contributed by atoms with Gasteiger partial charge in [-0.25, -0.2) is 0 Å². The summed E-state index contributed by atoms with van der Waals surface area (Å²) in [7, 11) is 0. The van der Waals surface area contributed by atoms with Crippen LogP contribution < -0.4 is 4.74 Å². The first-order valence-corrected chi connectivity index (χ1v) is 10.6. The third-order valence-corrected chi connectivity index (χ3v) is 6.83. The summed E-state index contributed by atoms with van der Waals surface area (Å²) >= 11 is 0. The van der Waals surface area contributed by atoms with Gasteiger partial charge in [0.15, 0.2) is 0 Å². The van der Waals surface area contributed by atoms with E-state index in [2.05, 4.69) is 0 Å². The third-order valence-electron chi connectivity index (χ3n) is 6.83. The van der Waals surface area contributed by atoms with E-state index in [0.717, 1.165) is 22.1 Å². The normalized spacial score (nSPS) is 22.5. The second-order valence-electron chi connectivity index (χ2n) is 8.26. The van der Waals surface area contributed by atoms with E-state index in [9.17, 15) is 5.26 Å². The Bertz CT molecular complexity index is 1500. The first kappa shape index (κ1) is 17.8. The molecule has 4 heteroatoms. The Kier molecular flexibility index (Phi) is 3.39. The highest BCUT2D eigenvalue weighted by Gasteiger charge is 2.70. The quantitative estimate of drug-likeness (QED) is 0.248. The molecule has 0 spiro atoms. The second-order valence-corrected chi connectivity index (χ2v) is 8.26. The predicted molar refractivity (Wildman–Crippen MR) is 118 cm³/mol. The van der Waals surface area contributed by atoms with Crippen molar-refractivity contribution in [1.29, 1.82) is 0 Å². The van der Waals surface area contributed by atoms with Crippen molar-refractivity contribution in [1.82, 2.24) is 0 Å². The van der Waals surface area contributed by atoms with Crippen molar-refractivity contribution in [2.75, 3.05) is 0 Å². The van der Waals surface area contributed by atoms with Crippen LogP contribution in [0.5, 0.6) is 5.75 Å². The van der Waals surface area contributed by atoms with Crippen molar-refractivity contribution in [2.45, 2.75) is 11.2 Å². The van der Waals surface area contributed by atoms with Gasteiger partial charge in [-0.2, -0.15) is 4.89 Å². The maximum absolute atomic E-state index is 13.1. The molecule has 2 heterocycles. The number of ether oxygens (including phenoxy) is 1. The molecule has 0 saturated carbocycles. The maximum Gasteiger partial charge on any atom is 0.212 e. The van der Waals surface area contributed by atoms with Gasteiger partial charge in [0.05, 0.1) is 5.56 Å². The van der Waals surface area contributed by atoms with Crippen LogP contribution in [0.3, 0.4) is 0 Å². The highest BCUT2D eigenvalue weighted by atomic mass is 17.1. The molecule has 5 aromatic rings. The monoisotopic (exact) mass is 417 g/mol. The van der Waals surface area contributed by atoms with E-state index in [0.29, 0.717) is 28.2 Å². The second kappa shape index (κ2) is 6.10. The number of hydrogen-bond donors (Lipinski definition) is 0. The zero-order chi connectivity index (χ0) is 21.3. The van der Waals surface area contributed by atoms with Gasteiger partial charge in [0.2, 0.25) is 11.2 Å². The molecule has 4 aromatic carbocycles. The summed E-state index contributed by atoms with van der Waals surface area (Å²) in [6, 6.07) is 33.2. The molecule has 1 aromatic heterocycles. The number of furan rings is 1. The van der Waals surface area contributed by atoms with Crippen LogP contribution in [0.1, 0.15) is 22.3 Å². The first-order valence-electron chi connectivity index (χ1n) is 10.6. The van der Waals surface area contributed by atoms with Gasteiger partial charge in [-0.3, -0.25) is 0 Å². The van der Waals surface area contributed by atoms with E-state index in [4.69, 9.17) is 14.0 Å². The molecule has 0 unspecified atom stereocenters. The predicted octanol–water partition coefficient (Wildman–Crippen LogP) is 6.36. The lowest BCUT2D eigenvalue weighted by atomic mass is 9.62. The van der Waals surface area contributed by atoms with E-state index in [-0.39, 0.29) is 0 Å². The number of rotatable bonds is 2. The lowest BCUT2D eigenvalue weighted by Crippen LogP contribution is -2.53. The fourth-order valence-electron chi connectivity index (χ4n) is 5.64. The molecule has 4 nitrogen and oxygen atoms in total. The third kappa shape index (κ3) is 1.86. The largest absolute Gasteiger partial charge is 0.473 e. The summed E-state index contributed by atoms with van der Waals surface area (Å²) in [5.74, 6) is 1.27. The van der Waals surface area contributed by atoms with E-state index in [1.54, 1.807) is 0 Å². The molecular weight excluding hydrogens is 400 g/mol. The van der Waals surface area contributed by atoms with Gasteiger partial charge in [-0.1, -0.05) is 91.0 Å². The Morgan fingerprint density at radius 2 is 1.38 bits per heavy atom. The van der Waals surface area contributed by atoms with Gasteiger partial charge in [-0.15, -0.1) is 0 Å². The average Bonchev–Trinajstić information content (AvgIpc) is 3.40. The van der Waals surface area contributed by atoms with Crippen LogP contribution in [0.4, 0.5) is 0 Å². The van der Waals surface area contributed by atoms with Crippen LogP contribution in [0, 0.1) is 0 Å². The smallest absolute Gasteiger partial charge is 0.212 e. The molecule has 0 saturated heterocycles. The Hall–Kier alpha value is -3.86. The minimum Gasteiger partial charge on any atom is -0.473 e. The summed E-state index contributed by atoms with van der Waals surface area (Å²) in [6.45, 7) is 0. The summed E-state index contributed by atoms with van der Waals surface area (Å²) in [5, 5.41) is 14.0. The zero-order valence-electron chi connectivity index (χ0n) is 16.9. The summed E-state index contributed by atoms with van der Waals surface area (Å²) in [6.07, 6.45) is 0. The summed E-state index contributed by atoms with van der Waals surface area (Å²) in [4.78, 5) is 5.40. The van der Waals surface area contributed by atoms with Crippen molar-refractivity contribution < 1.29 is 19.3 Å². The molecule has 7 rings (SSSR count). The molecule has 0 N–H and O–H groups in total. The van der Waals surface area contributed by atoms with E-state index < -0.39 is 11.2 Å². The minimum atomic E-state index is -1.47. The lowest BCUT2D eigenvalue weighted by molar-refractivity contribution is -0.388. The molecule has 1 radical (unpaired) electrons. The number of hydrogen-bond acceptors (Lipinski definition) is 3. The van der Waals surface area contributed by atoms with Crippen LogP contribution in [-0.4, -0.2) is 0 Å². The first-order chi connectivity index (χ1) is 15.8. The molecule has 2 atom stereocenters. The number of benzene rings is 4. The van der Waals surface area contributed by atoms with Crippen LogP contribution >= 0.6 is 0 Å². The Morgan fingerprint density at radius 1 is 0.688 bits per heavy atom. The van der Waals surface area contributed by atoms with E-state index in [1.807, 2.05) is 103 Å². The minimum absolute atomic E-state index is 0.625. The molecule has 0 fully saturated rings. The standard InChI is InChI=1S/C28H17O4/c29-32-28-22-15-7-9-17-24(22)31-27(28,18-10-2-1-3-11-18)21-14-6-4-12-19(21)26-25(28)20-13-5-8-16-23(20)30-26/h1-17H/t27-,28-/m0/s1. The molecule has 0 amide bonds. The van der Waals surface area contributed by atoms with E-state index in [1.165, 1.54) is 0 Å². The molecule has 1 aliphatic heterocycles. The number of fused-ring (bicyclic) bond motifs is 10. The van der Waals surface area contributed by atoms with Crippen LogP contribution in [0.2, 0.25) is 0 Å². The van der Waals surface area contributed by atoms with Crippen molar-refractivity contribution in [3.8, 4) is 17.1 Å². The molecule has 0 bridgehead atoms. The van der Waals surface area contributed by atoms with Gasteiger partial charge >= 0.3 is 0 Å². The molecule has 32 heavy (non-hydrogen) atoms. The average molecular weight is 417 g/mol. The molecular formula is C28H17O4. The Balaban J connectivity index is 1.76. The fourth-order valence-corrected chi connectivity index (χ4v) is 5.64. The maximum atomic E-state index is 13.1. The van der Waals surface area contributed by atoms with Crippen LogP contribution in [0.15, 0.2) is 108 Å². The topological polar surface area (TPSA) is 51.5 Å². The molecule has 153 valence electrons. The fraction of sp³-hybridized carbons (Fsp3) is 0.0714. The highest BCUT2D eigenvalue weighted by molar-refractivity contribution is 5.94. The van der Waals surface area contributed by atoms with Crippen molar-refractivity contribution in [2.24, 2.45) is 0 Å². The van der Waals surface area contributed by atoms with Gasteiger partial charge < -0.3 is 9.15 Å². The van der Waals surface area contributed by atoms with Crippen molar-refractivity contribution in [3.05, 3.63) is 125 Å². The number of para-hydroxylation sites is 2. The van der Waals surface area contributed by atoms with Gasteiger partial charge in [0, 0.05) is 27.6 Å². The van der Waals surface area contributed by atoms with Gasteiger partial charge in [-0.05, 0) is 17.4 Å². The lowest BCUT2D eigenvalue weighted by Gasteiger charge is -2.45. The van der Waals surface area contributed by atoms with E-state index >= 15 is 0 Å². The zero-order valence-corrected chi connectivity index (χ0v) is 16.9. The Labute approximate surface area is 184 Å². The van der Waals surface area contributed by atoms with Crippen molar-refractivity contribution in [3.63, 3.8) is 0 Å². The highest BCUT2D eigenvalue weighted by Crippen LogP contribution is 2.67. The Morgan fingerprint density at radius 3 is 2.22 bits per heavy atom. The summed E-state index contributed by atoms with van der Waals surface area (Å²) in [5.41, 5.74) is 1.99. The molecule has 2 aliphatic rings. The van der Waals surface area contributed by atoms with Gasteiger partial charge in [0.25, 0.3) is 0 Å². The molecule has 1 aliphatic carbocycles.